The summed E-state index contributed by atoms with van der Waals surface area (Å²) in [4.78, 5) is 38.7. The number of carbonyl (C=O) groups excluding carboxylic acids is 3. The fourth-order valence-electron chi connectivity index (χ4n) is 3.40. The molecule has 1 fully saturated rings. The number of nitrogens with one attached hydrogen (secondary N) is 2. The SMILES string of the molecule is CC(C)(C)OC(=O)N1CCC(n2cccc2C(=O)NNC(=O)c2ccccc2)CC1. The molecule has 8 nitrogen and oxygen atoms in total. The first kappa shape index (κ1) is 21.4. The highest BCUT2D eigenvalue weighted by Gasteiger charge is 2.28. The van der Waals surface area contributed by atoms with Crippen molar-refractivity contribution in [3.05, 3.63) is 59.9 Å². The molecule has 1 aromatic carbocycles. The van der Waals surface area contributed by atoms with Gasteiger partial charge >= 0.3 is 6.09 Å². The molecule has 2 heterocycles. The smallest absolute Gasteiger partial charge is 0.410 e. The number of nitrogens with zero attached hydrogens (tertiary/aromatic N) is 2. The molecule has 1 aliphatic heterocycles. The van der Waals surface area contributed by atoms with Gasteiger partial charge < -0.3 is 14.2 Å². The summed E-state index contributed by atoms with van der Waals surface area (Å²) in [5, 5.41) is 0. The Morgan fingerprint density at radius 3 is 2.20 bits per heavy atom. The summed E-state index contributed by atoms with van der Waals surface area (Å²) in [6.45, 7) is 6.66. The van der Waals surface area contributed by atoms with Crippen molar-refractivity contribution in [3.8, 4) is 0 Å². The van der Waals surface area contributed by atoms with E-state index in [0.717, 1.165) is 0 Å². The lowest BCUT2D eigenvalue weighted by Crippen LogP contribution is -2.44. The van der Waals surface area contributed by atoms with Crippen molar-refractivity contribution in [2.45, 2.75) is 45.3 Å². The van der Waals surface area contributed by atoms with E-state index in [9.17, 15) is 14.4 Å². The monoisotopic (exact) mass is 412 g/mol. The van der Waals surface area contributed by atoms with Gasteiger partial charge in [-0.05, 0) is 57.9 Å². The maximum Gasteiger partial charge on any atom is 0.410 e. The molecule has 0 atom stereocenters. The number of ether oxygens (including phenoxy) is 1. The number of carbonyl (C=O) groups is 3. The van der Waals surface area contributed by atoms with Crippen LogP contribution in [0.1, 0.15) is 60.5 Å². The van der Waals surface area contributed by atoms with Gasteiger partial charge in [0.25, 0.3) is 11.8 Å². The molecule has 1 saturated heterocycles. The van der Waals surface area contributed by atoms with Gasteiger partial charge in [-0.3, -0.25) is 20.4 Å². The molecule has 2 aromatic rings. The Hall–Kier alpha value is -3.29. The molecule has 3 amide bonds. The van der Waals surface area contributed by atoms with Crippen molar-refractivity contribution < 1.29 is 19.1 Å². The molecule has 8 heteroatoms. The van der Waals surface area contributed by atoms with E-state index in [1.54, 1.807) is 41.3 Å². The fourth-order valence-corrected chi connectivity index (χ4v) is 3.40. The molecule has 0 saturated carbocycles. The molecule has 1 aromatic heterocycles. The molecular weight excluding hydrogens is 384 g/mol. The zero-order valence-corrected chi connectivity index (χ0v) is 17.6. The van der Waals surface area contributed by atoms with E-state index in [-0.39, 0.29) is 23.9 Å². The molecule has 0 spiro atoms. The minimum absolute atomic E-state index is 0.0873. The van der Waals surface area contributed by atoms with E-state index in [0.29, 0.717) is 37.2 Å². The Morgan fingerprint density at radius 2 is 1.57 bits per heavy atom. The van der Waals surface area contributed by atoms with Crippen molar-refractivity contribution in [1.82, 2.24) is 20.3 Å². The predicted molar refractivity (Wildman–Crippen MR) is 112 cm³/mol. The van der Waals surface area contributed by atoms with Gasteiger partial charge in [-0.15, -0.1) is 0 Å². The highest BCUT2D eigenvalue weighted by atomic mass is 16.6. The lowest BCUT2D eigenvalue weighted by Gasteiger charge is -2.34. The van der Waals surface area contributed by atoms with Gasteiger partial charge in [0.2, 0.25) is 0 Å². The number of hydrazine groups is 1. The zero-order valence-electron chi connectivity index (χ0n) is 17.6. The molecule has 30 heavy (non-hydrogen) atoms. The second-order valence-corrected chi connectivity index (χ2v) is 8.27. The number of benzene rings is 1. The van der Waals surface area contributed by atoms with Crippen molar-refractivity contribution >= 4 is 17.9 Å². The van der Waals surface area contributed by atoms with Crippen molar-refractivity contribution in [3.63, 3.8) is 0 Å². The number of amides is 3. The second kappa shape index (κ2) is 9.02. The van der Waals surface area contributed by atoms with Gasteiger partial charge in [0.15, 0.2) is 0 Å². The molecule has 160 valence electrons. The third kappa shape index (κ3) is 5.40. The molecule has 2 N–H and O–H groups in total. The molecule has 0 unspecified atom stereocenters. The van der Waals surface area contributed by atoms with E-state index in [4.69, 9.17) is 4.74 Å². The molecular formula is C22H28N4O4. The highest BCUT2D eigenvalue weighted by molar-refractivity contribution is 5.98. The summed E-state index contributed by atoms with van der Waals surface area (Å²) in [6.07, 6.45) is 2.96. The molecule has 0 radical (unpaired) electrons. The van der Waals surface area contributed by atoms with Crippen LogP contribution in [-0.2, 0) is 4.74 Å². The minimum Gasteiger partial charge on any atom is -0.444 e. The number of hydrogen-bond donors (Lipinski definition) is 2. The third-order valence-corrected chi connectivity index (χ3v) is 4.85. The van der Waals surface area contributed by atoms with Crippen LogP contribution in [0.15, 0.2) is 48.7 Å². The molecule has 0 aliphatic carbocycles. The van der Waals surface area contributed by atoms with Gasteiger partial charge in [-0.1, -0.05) is 18.2 Å². The maximum atomic E-state index is 12.6. The fraction of sp³-hybridized carbons (Fsp3) is 0.409. The van der Waals surface area contributed by atoms with Crippen LogP contribution in [0.3, 0.4) is 0 Å². The lowest BCUT2D eigenvalue weighted by molar-refractivity contribution is 0.0187. The van der Waals surface area contributed by atoms with Gasteiger partial charge in [0.1, 0.15) is 11.3 Å². The van der Waals surface area contributed by atoms with Crippen molar-refractivity contribution in [1.29, 1.82) is 0 Å². The van der Waals surface area contributed by atoms with E-state index in [1.165, 1.54) is 0 Å². The first-order valence-corrected chi connectivity index (χ1v) is 10.0. The Morgan fingerprint density at radius 1 is 0.933 bits per heavy atom. The summed E-state index contributed by atoms with van der Waals surface area (Å²) in [7, 11) is 0. The van der Waals surface area contributed by atoms with Crippen LogP contribution in [0.25, 0.3) is 0 Å². The van der Waals surface area contributed by atoms with Crippen molar-refractivity contribution in [2.24, 2.45) is 0 Å². The van der Waals surface area contributed by atoms with Crippen LogP contribution in [-0.4, -0.2) is 46.1 Å². The summed E-state index contributed by atoms with van der Waals surface area (Å²) < 4.78 is 7.33. The van der Waals surface area contributed by atoms with E-state index in [2.05, 4.69) is 10.9 Å². The molecule has 0 bridgehead atoms. The quantitative estimate of drug-likeness (QED) is 0.758. The van der Waals surface area contributed by atoms with Crippen LogP contribution in [0.4, 0.5) is 4.79 Å². The normalized spacial score (nSPS) is 14.8. The average molecular weight is 412 g/mol. The number of aromatic nitrogens is 1. The van der Waals surface area contributed by atoms with Gasteiger partial charge in [-0.2, -0.15) is 0 Å². The van der Waals surface area contributed by atoms with E-state index in [1.807, 2.05) is 37.6 Å². The van der Waals surface area contributed by atoms with Crippen LogP contribution in [0, 0.1) is 0 Å². The lowest BCUT2D eigenvalue weighted by atomic mass is 10.0. The predicted octanol–water partition coefficient (Wildman–Crippen LogP) is 3.13. The van der Waals surface area contributed by atoms with Crippen LogP contribution in [0.2, 0.25) is 0 Å². The average Bonchev–Trinajstić information content (AvgIpc) is 3.21. The minimum atomic E-state index is -0.524. The van der Waals surface area contributed by atoms with E-state index < -0.39 is 5.60 Å². The van der Waals surface area contributed by atoms with E-state index >= 15 is 0 Å². The summed E-state index contributed by atoms with van der Waals surface area (Å²) in [5.41, 5.74) is 5.31. The topological polar surface area (TPSA) is 92.7 Å². The van der Waals surface area contributed by atoms with Gasteiger partial charge in [-0.25, -0.2) is 4.79 Å². The molecule has 3 rings (SSSR count). The number of piperidine rings is 1. The number of hydrogen-bond acceptors (Lipinski definition) is 4. The number of likely N-dealkylation sites (tertiary alicyclic amines) is 1. The Bertz CT molecular complexity index is 893. The first-order chi connectivity index (χ1) is 14.2. The standard InChI is InChI=1S/C22H28N4O4/c1-22(2,3)30-21(29)25-14-11-17(12-15-25)26-13-7-10-18(26)20(28)24-23-19(27)16-8-5-4-6-9-16/h4-10,13,17H,11-12,14-15H2,1-3H3,(H,23,27)(H,24,28). The Labute approximate surface area is 176 Å². The highest BCUT2D eigenvalue weighted by Crippen LogP contribution is 2.25. The number of rotatable bonds is 3. The Kier molecular flexibility index (Phi) is 6.44. The second-order valence-electron chi connectivity index (χ2n) is 8.27. The third-order valence-electron chi connectivity index (χ3n) is 4.85. The van der Waals surface area contributed by atoms with Gasteiger partial charge in [0.05, 0.1) is 0 Å². The maximum absolute atomic E-state index is 12.6. The first-order valence-electron chi connectivity index (χ1n) is 10.0. The van der Waals surface area contributed by atoms with Crippen LogP contribution < -0.4 is 10.9 Å². The summed E-state index contributed by atoms with van der Waals surface area (Å²) >= 11 is 0. The summed E-state index contributed by atoms with van der Waals surface area (Å²) in [6, 6.07) is 12.3. The molecule has 1 aliphatic rings. The Balaban J connectivity index is 1.56. The largest absolute Gasteiger partial charge is 0.444 e. The van der Waals surface area contributed by atoms with Crippen LogP contribution in [0.5, 0.6) is 0 Å². The van der Waals surface area contributed by atoms with Gasteiger partial charge in [0, 0.05) is 30.9 Å². The zero-order chi connectivity index (χ0) is 21.7. The van der Waals surface area contributed by atoms with Crippen molar-refractivity contribution in [2.75, 3.05) is 13.1 Å². The van der Waals surface area contributed by atoms with Crippen LogP contribution >= 0.6 is 0 Å². The summed E-state index contributed by atoms with van der Waals surface area (Å²) in [5.74, 6) is -0.772.